The quantitative estimate of drug-likeness (QED) is 0.811. The first-order chi connectivity index (χ1) is 10.8. The predicted octanol–water partition coefficient (Wildman–Crippen LogP) is 3.39. The molecular weight excluding hydrogens is 272 g/mol. The Bertz CT molecular complexity index is 724. The highest BCUT2D eigenvalue weighted by molar-refractivity contribution is 6.10. The van der Waals surface area contributed by atoms with Crippen LogP contribution in [0.5, 0.6) is 0 Å². The van der Waals surface area contributed by atoms with Crippen molar-refractivity contribution in [2.75, 3.05) is 13.1 Å². The van der Waals surface area contributed by atoms with Gasteiger partial charge in [-0.1, -0.05) is 30.3 Å². The molecule has 2 aromatic rings. The van der Waals surface area contributed by atoms with Crippen LogP contribution in [0.25, 0.3) is 0 Å². The Kier molecular flexibility index (Phi) is 4.32. The Morgan fingerprint density at radius 2 is 1.86 bits per heavy atom. The van der Waals surface area contributed by atoms with Crippen LogP contribution in [0.4, 0.5) is 0 Å². The maximum absolute atomic E-state index is 12.7. The second kappa shape index (κ2) is 6.55. The van der Waals surface area contributed by atoms with Gasteiger partial charge in [0.2, 0.25) is 0 Å². The van der Waals surface area contributed by atoms with Gasteiger partial charge < -0.3 is 0 Å². The third kappa shape index (κ3) is 3.08. The fourth-order valence-electron chi connectivity index (χ4n) is 2.94. The molecule has 0 saturated carbocycles. The molecule has 3 heteroatoms. The molecule has 3 rings (SSSR count). The van der Waals surface area contributed by atoms with Gasteiger partial charge in [0, 0.05) is 17.7 Å². The van der Waals surface area contributed by atoms with E-state index in [4.69, 9.17) is 5.26 Å². The lowest BCUT2D eigenvalue weighted by Crippen LogP contribution is -2.18. The van der Waals surface area contributed by atoms with E-state index in [0.29, 0.717) is 16.7 Å². The lowest BCUT2D eigenvalue weighted by atomic mass is 9.97. The minimum absolute atomic E-state index is 0.0829. The van der Waals surface area contributed by atoms with Gasteiger partial charge in [0.25, 0.3) is 0 Å². The van der Waals surface area contributed by atoms with E-state index < -0.39 is 0 Å². The van der Waals surface area contributed by atoms with Crippen molar-refractivity contribution in [2.24, 2.45) is 0 Å². The van der Waals surface area contributed by atoms with E-state index >= 15 is 0 Å². The number of rotatable bonds is 4. The molecule has 1 fully saturated rings. The number of nitrogens with zero attached hydrogens (tertiary/aromatic N) is 2. The van der Waals surface area contributed by atoms with Crippen molar-refractivity contribution in [3.63, 3.8) is 0 Å². The smallest absolute Gasteiger partial charge is 0.194 e. The van der Waals surface area contributed by atoms with Gasteiger partial charge in [0.15, 0.2) is 5.78 Å². The van der Waals surface area contributed by atoms with Gasteiger partial charge >= 0.3 is 0 Å². The molecule has 0 bridgehead atoms. The summed E-state index contributed by atoms with van der Waals surface area (Å²) < 4.78 is 0. The van der Waals surface area contributed by atoms with Crippen LogP contribution in [0.2, 0.25) is 0 Å². The Morgan fingerprint density at radius 3 is 2.64 bits per heavy atom. The first-order valence-electron chi connectivity index (χ1n) is 7.63. The Balaban J connectivity index is 1.85. The van der Waals surface area contributed by atoms with Crippen LogP contribution in [-0.4, -0.2) is 23.8 Å². The van der Waals surface area contributed by atoms with Crippen molar-refractivity contribution in [2.45, 2.75) is 19.4 Å². The summed E-state index contributed by atoms with van der Waals surface area (Å²) in [7, 11) is 0. The second-order valence-electron chi connectivity index (χ2n) is 5.67. The van der Waals surface area contributed by atoms with Gasteiger partial charge in [0.05, 0.1) is 11.6 Å². The summed E-state index contributed by atoms with van der Waals surface area (Å²) in [6, 6.07) is 16.8. The zero-order valence-corrected chi connectivity index (χ0v) is 12.5. The molecule has 2 aromatic carbocycles. The highest BCUT2D eigenvalue weighted by Crippen LogP contribution is 2.17. The van der Waals surface area contributed by atoms with Crippen LogP contribution in [0.1, 0.15) is 39.9 Å². The topological polar surface area (TPSA) is 44.1 Å². The molecule has 1 aliphatic rings. The summed E-state index contributed by atoms with van der Waals surface area (Å²) in [5, 5.41) is 9.15. The number of nitriles is 1. The van der Waals surface area contributed by atoms with Gasteiger partial charge in [-0.2, -0.15) is 5.26 Å². The maximum atomic E-state index is 12.7. The summed E-state index contributed by atoms with van der Waals surface area (Å²) in [4.78, 5) is 15.1. The largest absolute Gasteiger partial charge is 0.299 e. The molecule has 0 radical (unpaired) electrons. The zero-order chi connectivity index (χ0) is 15.4. The van der Waals surface area contributed by atoms with Crippen molar-refractivity contribution in [1.82, 2.24) is 4.90 Å². The molecular formula is C19H18N2O. The molecule has 22 heavy (non-hydrogen) atoms. The second-order valence-corrected chi connectivity index (χ2v) is 5.67. The maximum Gasteiger partial charge on any atom is 0.194 e. The summed E-state index contributed by atoms with van der Waals surface area (Å²) in [6.45, 7) is 3.16. The molecule has 0 aromatic heterocycles. The van der Waals surface area contributed by atoms with E-state index in [2.05, 4.69) is 17.0 Å². The highest BCUT2D eigenvalue weighted by Gasteiger charge is 2.15. The summed E-state index contributed by atoms with van der Waals surface area (Å²) in [5.74, 6) is -0.0829. The number of carbonyl (C=O) groups is 1. The molecule has 0 aliphatic carbocycles. The Labute approximate surface area is 130 Å². The van der Waals surface area contributed by atoms with Gasteiger partial charge in [-0.05, 0) is 49.7 Å². The predicted molar refractivity (Wildman–Crippen MR) is 85.5 cm³/mol. The minimum Gasteiger partial charge on any atom is -0.299 e. The molecule has 0 atom stereocenters. The third-order valence-electron chi connectivity index (χ3n) is 4.09. The van der Waals surface area contributed by atoms with Crippen LogP contribution in [0.15, 0.2) is 48.5 Å². The van der Waals surface area contributed by atoms with Crippen molar-refractivity contribution in [1.29, 1.82) is 5.26 Å². The number of ketones is 1. The molecule has 0 amide bonds. The minimum atomic E-state index is -0.0829. The summed E-state index contributed by atoms with van der Waals surface area (Å²) >= 11 is 0. The van der Waals surface area contributed by atoms with Crippen LogP contribution in [-0.2, 0) is 6.54 Å². The van der Waals surface area contributed by atoms with Crippen LogP contribution >= 0.6 is 0 Å². The van der Waals surface area contributed by atoms with Gasteiger partial charge in [-0.3, -0.25) is 9.69 Å². The van der Waals surface area contributed by atoms with Crippen LogP contribution in [0.3, 0.4) is 0 Å². The highest BCUT2D eigenvalue weighted by atomic mass is 16.1. The lowest BCUT2D eigenvalue weighted by molar-refractivity contribution is 0.103. The molecule has 3 nitrogen and oxygen atoms in total. The average molecular weight is 290 g/mol. The number of hydrogen-bond acceptors (Lipinski definition) is 3. The van der Waals surface area contributed by atoms with E-state index in [1.807, 2.05) is 18.2 Å². The molecule has 1 saturated heterocycles. The van der Waals surface area contributed by atoms with Gasteiger partial charge in [-0.15, -0.1) is 0 Å². The number of benzene rings is 2. The van der Waals surface area contributed by atoms with Gasteiger partial charge in [0.1, 0.15) is 0 Å². The zero-order valence-electron chi connectivity index (χ0n) is 12.5. The van der Waals surface area contributed by atoms with E-state index in [0.717, 1.165) is 25.2 Å². The molecule has 1 aliphatic heterocycles. The van der Waals surface area contributed by atoms with Crippen molar-refractivity contribution in [3.05, 3.63) is 70.8 Å². The average Bonchev–Trinajstić information content (AvgIpc) is 3.07. The molecule has 1 heterocycles. The van der Waals surface area contributed by atoms with E-state index in [1.54, 1.807) is 24.3 Å². The van der Waals surface area contributed by atoms with Crippen molar-refractivity contribution in [3.8, 4) is 6.07 Å². The fourth-order valence-corrected chi connectivity index (χ4v) is 2.94. The fraction of sp³-hybridized carbons (Fsp3) is 0.263. The van der Waals surface area contributed by atoms with E-state index in [1.165, 1.54) is 12.8 Å². The van der Waals surface area contributed by atoms with Crippen molar-refractivity contribution < 1.29 is 4.79 Å². The molecule has 0 spiro atoms. The van der Waals surface area contributed by atoms with Gasteiger partial charge in [-0.25, -0.2) is 0 Å². The first-order valence-corrected chi connectivity index (χ1v) is 7.63. The Hall–Kier alpha value is -2.44. The lowest BCUT2D eigenvalue weighted by Gasteiger charge is -2.15. The number of carbonyl (C=O) groups excluding carboxylic acids is 1. The SMILES string of the molecule is N#Cc1ccccc1C(=O)c1cccc(CN2CCCC2)c1. The van der Waals surface area contributed by atoms with Crippen LogP contribution < -0.4 is 0 Å². The molecule has 0 unspecified atom stereocenters. The Morgan fingerprint density at radius 1 is 1.09 bits per heavy atom. The normalized spacial score (nSPS) is 14.7. The number of hydrogen-bond donors (Lipinski definition) is 0. The van der Waals surface area contributed by atoms with Crippen molar-refractivity contribution >= 4 is 5.78 Å². The number of likely N-dealkylation sites (tertiary alicyclic amines) is 1. The van der Waals surface area contributed by atoms with E-state index in [-0.39, 0.29) is 5.78 Å². The third-order valence-corrected chi connectivity index (χ3v) is 4.09. The summed E-state index contributed by atoms with van der Waals surface area (Å²) in [6.07, 6.45) is 2.52. The monoisotopic (exact) mass is 290 g/mol. The van der Waals surface area contributed by atoms with E-state index in [9.17, 15) is 4.79 Å². The van der Waals surface area contributed by atoms with Crippen LogP contribution in [0, 0.1) is 11.3 Å². The summed E-state index contributed by atoms with van der Waals surface area (Å²) in [5.41, 5.74) is 2.71. The molecule has 0 N–H and O–H groups in total. The standard InChI is InChI=1S/C19H18N2O/c20-13-17-7-1-2-9-18(17)19(22)16-8-5-6-15(12-16)14-21-10-3-4-11-21/h1-2,5-9,12H,3-4,10-11,14H2. The molecule has 110 valence electrons. The first kappa shape index (κ1) is 14.5.